The van der Waals surface area contributed by atoms with Gasteiger partial charge in [-0.25, -0.2) is 5.84 Å². The number of anilines is 3. The molecule has 0 bridgehead atoms. The first kappa shape index (κ1) is 14.3. The van der Waals surface area contributed by atoms with Gasteiger partial charge in [0.05, 0.1) is 0 Å². The molecule has 1 aromatic rings. The van der Waals surface area contributed by atoms with E-state index in [-0.39, 0.29) is 0 Å². The number of hydrogen-bond acceptors (Lipinski definition) is 7. The maximum absolute atomic E-state index is 5.54. The molecule has 2 aliphatic rings. The van der Waals surface area contributed by atoms with E-state index in [1.807, 2.05) is 0 Å². The predicted molar refractivity (Wildman–Crippen MR) is 84.3 cm³/mol. The molecule has 0 amide bonds. The van der Waals surface area contributed by atoms with Crippen molar-refractivity contribution < 1.29 is 0 Å². The number of aromatic nitrogens is 3. The van der Waals surface area contributed by atoms with E-state index in [4.69, 9.17) is 10.8 Å². The van der Waals surface area contributed by atoms with Crippen LogP contribution in [0.4, 0.5) is 17.8 Å². The van der Waals surface area contributed by atoms with Crippen LogP contribution in [0.25, 0.3) is 0 Å². The molecular weight excluding hydrogens is 266 g/mol. The van der Waals surface area contributed by atoms with Crippen molar-refractivity contribution in [2.45, 2.75) is 45.6 Å². The molecule has 2 unspecified atom stereocenters. The number of hydrogen-bond donors (Lipinski definition) is 2. The largest absolute Gasteiger partial charge is 0.341 e. The second kappa shape index (κ2) is 6.01. The molecule has 7 nitrogen and oxygen atoms in total. The minimum absolute atomic E-state index is 0.451. The quantitative estimate of drug-likeness (QED) is 0.643. The molecule has 0 saturated carbocycles. The summed E-state index contributed by atoms with van der Waals surface area (Å²) < 4.78 is 0. The lowest BCUT2D eigenvalue weighted by atomic mass is 10.1. The predicted octanol–water partition coefficient (Wildman–Crippen LogP) is 1.38. The molecule has 116 valence electrons. The Kier molecular flexibility index (Phi) is 4.10. The second-order valence-corrected chi connectivity index (χ2v) is 6.29. The van der Waals surface area contributed by atoms with Gasteiger partial charge in [0.25, 0.3) is 0 Å². The molecule has 3 N–H and O–H groups in total. The minimum Gasteiger partial charge on any atom is -0.341 e. The molecule has 0 radical (unpaired) electrons. The van der Waals surface area contributed by atoms with Gasteiger partial charge in [0.1, 0.15) is 0 Å². The number of nitrogen functional groups attached to an aromatic ring is 1. The van der Waals surface area contributed by atoms with Crippen LogP contribution in [0.1, 0.15) is 39.5 Å². The molecule has 21 heavy (non-hydrogen) atoms. The van der Waals surface area contributed by atoms with E-state index in [9.17, 15) is 0 Å². The zero-order chi connectivity index (χ0) is 14.8. The zero-order valence-electron chi connectivity index (χ0n) is 12.9. The van der Waals surface area contributed by atoms with E-state index in [1.165, 1.54) is 25.7 Å². The van der Waals surface area contributed by atoms with Crippen LogP contribution in [0.15, 0.2) is 0 Å². The Morgan fingerprint density at radius 2 is 1.76 bits per heavy atom. The van der Waals surface area contributed by atoms with E-state index < -0.39 is 0 Å². The molecule has 2 fully saturated rings. The van der Waals surface area contributed by atoms with Gasteiger partial charge in [-0.2, -0.15) is 15.0 Å². The van der Waals surface area contributed by atoms with Crippen molar-refractivity contribution in [2.75, 3.05) is 34.9 Å². The lowest BCUT2D eigenvalue weighted by molar-refractivity contribution is 0.566. The number of rotatable bonds is 3. The summed E-state index contributed by atoms with van der Waals surface area (Å²) in [4.78, 5) is 18.1. The standard InChI is InChI=1S/C14H25N7/c1-10-8-11(2)21(9-10)14-17-12(19-15)16-13(18-14)20-6-4-3-5-7-20/h10-11H,3-9,15H2,1-2H3,(H,16,17,18,19). The third-order valence-electron chi connectivity index (χ3n) is 4.42. The Bertz CT molecular complexity index is 486. The maximum Gasteiger partial charge on any atom is 0.243 e. The van der Waals surface area contributed by atoms with E-state index in [2.05, 4.69) is 39.0 Å². The summed E-state index contributed by atoms with van der Waals surface area (Å²) in [6.07, 6.45) is 4.86. The lowest BCUT2D eigenvalue weighted by Crippen LogP contribution is -2.34. The fourth-order valence-electron chi connectivity index (χ4n) is 3.36. The van der Waals surface area contributed by atoms with Gasteiger partial charge in [0, 0.05) is 25.7 Å². The number of piperidine rings is 1. The summed E-state index contributed by atoms with van der Waals surface area (Å²) in [5, 5.41) is 0. The maximum atomic E-state index is 5.54. The van der Waals surface area contributed by atoms with Crippen LogP contribution >= 0.6 is 0 Å². The van der Waals surface area contributed by atoms with Crippen molar-refractivity contribution in [3.63, 3.8) is 0 Å². The smallest absolute Gasteiger partial charge is 0.243 e. The summed E-state index contributed by atoms with van der Waals surface area (Å²) in [5.74, 6) is 8.16. The Balaban J connectivity index is 1.89. The lowest BCUT2D eigenvalue weighted by Gasteiger charge is -2.28. The topological polar surface area (TPSA) is 83.2 Å². The number of nitrogens with two attached hydrogens (primary N) is 1. The third-order valence-corrected chi connectivity index (χ3v) is 4.42. The van der Waals surface area contributed by atoms with Crippen LogP contribution in [0.3, 0.4) is 0 Å². The minimum atomic E-state index is 0.451. The van der Waals surface area contributed by atoms with Crippen molar-refractivity contribution in [2.24, 2.45) is 11.8 Å². The van der Waals surface area contributed by atoms with E-state index in [0.29, 0.717) is 17.9 Å². The summed E-state index contributed by atoms with van der Waals surface area (Å²) in [5.41, 5.74) is 2.58. The van der Waals surface area contributed by atoms with Gasteiger partial charge in [-0.1, -0.05) is 6.92 Å². The first-order chi connectivity index (χ1) is 10.2. The molecule has 2 atom stereocenters. The molecular formula is C14H25N7. The first-order valence-electron chi connectivity index (χ1n) is 7.91. The number of nitrogens with one attached hydrogen (secondary N) is 1. The normalized spacial score (nSPS) is 26.2. The monoisotopic (exact) mass is 291 g/mol. The highest BCUT2D eigenvalue weighted by atomic mass is 15.4. The van der Waals surface area contributed by atoms with Crippen LogP contribution in [0, 0.1) is 5.92 Å². The molecule has 7 heteroatoms. The molecule has 3 rings (SSSR count). The summed E-state index contributed by atoms with van der Waals surface area (Å²) in [6.45, 7) is 7.52. The Morgan fingerprint density at radius 1 is 1.05 bits per heavy atom. The Morgan fingerprint density at radius 3 is 2.38 bits per heavy atom. The third kappa shape index (κ3) is 3.02. The first-order valence-corrected chi connectivity index (χ1v) is 7.91. The highest BCUT2D eigenvalue weighted by Crippen LogP contribution is 2.28. The number of nitrogens with zero attached hydrogens (tertiary/aromatic N) is 5. The van der Waals surface area contributed by atoms with Gasteiger partial charge in [-0.05, 0) is 38.5 Å². The van der Waals surface area contributed by atoms with Crippen LogP contribution in [0.2, 0.25) is 0 Å². The van der Waals surface area contributed by atoms with Gasteiger partial charge in [-0.15, -0.1) is 0 Å². The molecule has 0 spiro atoms. The Labute approximate surface area is 125 Å². The van der Waals surface area contributed by atoms with Gasteiger partial charge in [-0.3, -0.25) is 5.43 Å². The van der Waals surface area contributed by atoms with Crippen molar-refractivity contribution >= 4 is 17.8 Å². The van der Waals surface area contributed by atoms with Gasteiger partial charge in [0.15, 0.2) is 0 Å². The SMILES string of the molecule is CC1CC(C)N(c2nc(NN)nc(N3CCCCC3)n2)C1. The van der Waals surface area contributed by atoms with Crippen LogP contribution in [-0.2, 0) is 0 Å². The summed E-state index contributed by atoms with van der Waals surface area (Å²) >= 11 is 0. The van der Waals surface area contributed by atoms with Crippen molar-refractivity contribution in [1.29, 1.82) is 0 Å². The molecule has 2 aliphatic heterocycles. The van der Waals surface area contributed by atoms with Gasteiger partial charge >= 0.3 is 0 Å². The van der Waals surface area contributed by atoms with Crippen molar-refractivity contribution in [1.82, 2.24) is 15.0 Å². The zero-order valence-corrected chi connectivity index (χ0v) is 12.9. The van der Waals surface area contributed by atoms with E-state index >= 15 is 0 Å². The summed E-state index contributed by atoms with van der Waals surface area (Å²) in [7, 11) is 0. The highest BCUT2D eigenvalue weighted by Gasteiger charge is 2.29. The average molecular weight is 291 g/mol. The Hall–Kier alpha value is -1.63. The molecule has 0 aliphatic carbocycles. The molecule has 0 aromatic carbocycles. The van der Waals surface area contributed by atoms with Crippen LogP contribution in [0.5, 0.6) is 0 Å². The van der Waals surface area contributed by atoms with Crippen LogP contribution in [-0.4, -0.2) is 40.6 Å². The van der Waals surface area contributed by atoms with Crippen molar-refractivity contribution in [3.05, 3.63) is 0 Å². The highest BCUT2D eigenvalue weighted by molar-refractivity contribution is 5.46. The van der Waals surface area contributed by atoms with E-state index in [1.54, 1.807) is 0 Å². The summed E-state index contributed by atoms with van der Waals surface area (Å²) in [6, 6.07) is 0.460. The molecule has 2 saturated heterocycles. The van der Waals surface area contributed by atoms with Gasteiger partial charge in [0.2, 0.25) is 17.8 Å². The average Bonchev–Trinajstić information content (AvgIpc) is 2.86. The fourth-order valence-corrected chi connectivity index (χ4v) is 3.36. The second-order valence-electron chi connectivity index (χ2n) is 6.29. The van der Waals surface area contributed by atoms with E-state index in [0.717, 1.165) is 31.5 Å². The van der Waals surface area contributed by atoms with Crippen LogP contribution < -0.4 is 21.1 Å². The van der Waals surface area contributed by atoms with Crippen molar-refractivity contribution in [3.8, 4) is 0 Å². The van der Waals surface area contributed by atoms with Gasteiger partial charge < -0.3 is 9.80 Å². The fraction of sp³-hybridized carbons (Fsp3) is 0.786. The molecule has 3 heterocycles. The number of hydrazine groups is 1. The molecule has 1 aromatic heterocycles.